The van der Waals surface area contributed by atoms with Gasteiger partial charge in [-0.05, 0) is 30.5 Å². The molecule has 2 fully saturated rings. The van der Waals surface area contributed by atoms with Gasteiger partial charge in [0.05, 0.1) is 10.8 Å². The summed E-state index contributed by atoms with van der Waals surface area (Å²) in [5.41, 5.74) is 0. The Labute approximate surface area is 142 Å². The molecule has 2 aromatic rings. The van der Waals surface area contributed by atoms with Crippen molar-refractivity contribution >= 4 is 43.9 Å². The van der Waals surface area contributed by atoms with Crippen molar-refractivity contribution in [1.29, 1.82) is 0 Å². The van der Waals surface area contributed by atoms with Crippen molar-refractivity contribution < 1.29 is 9.59 Å². The van der Waals surface area contributed by atoms with Crippen LogP contribution >= 0.6 is 22.7 Å². The molecule has 1 N–H and O–H groups in total. The molecule has 5 nitrogen and oxygen atoms in total. The molecule has 7 heteroatoms. The predicted octanol–water partition coefficient (Wildman–Crippen LogP) is 1.86. The summed E-state index contributed by atoms with van der Waals surface area (Å²) in [5, 5.41) is 5.29. The average Bonchev–Trinajstić information content (AvgIpc) is 3.29. The largest absolute Gasteiger partial charge is 0.339 e. The van der Waals surface area contributed by atoms with Crippen molar-refractivity contribution in [2.75, 3.05) is 39.3 Å². The molecule has 0 radical (unpaired) electrons. The lowest BCUT2D eigenvalue weighted by Gasteiger charge is -2.35. The lowest BCUT2D eigenvalue weighted by Crippen LogP contribution is -2.52. The lowest BCUT2D eigenvalue weighted by molar-refractivity contribution is -0.136. The molecule has 122 valence electrons. The number of hydrogen-bond acceptors (Lipinski definition) is 5. The Morgan fingerprint density at radius 3 is 2.61 bits per heavy atom. The Bertz CT molecular complexity index is 696. The number of carbonyl (C=O) groups is 2. The normalized spacial score (nSPS) is 22.0. The minimum absolute atomic E-state index is 0.105. The van der Waals surface area contributed by atoms with E-state index in [1.54, 1.807) is 22.7 Å². The summed E-state index contributed by atoms with van der Waals surface area (Å²) >= 11 is 3.24. The highest BCUT2D eigenvalue weighted by molar-refractivity contribution is 7.27. The van der Waals surface area contributed by atoms with Crippen LogP contribution in [0.1, 0.15) is 16.1 Å². The number of nitrogens with zero attached hydrogens (tertiary/aromatic N) is 2. The Morgan fingerprint density at radius 1 is 1.13 bits per heavy atom. The van der Waals surface area contributed by atoms with E-state index >= 15 is 0 Å². The topological polar surface area (TPSA) is 52.7 Å². The maximum absolute atomic E-state index is 12.6. The summed E-state index contributed by atoms with van der Waals surface area (Å²) in [6.45, 7) is 4.31. The summed E-state index contributed by atoms with van der Waals surface area (Å²) in [5.74, 6) is 0.480. The van der Waals surface area contributed by atoms with Crippen LogP contribution in [-0.4, -0.2) is 60.9 Å². The molecule has 4 heterocycles. The summed E-state index contributed by atoms with van der Waals surface area (Å²) in [6.07, 6.45) is 0.934. The van der Waals surface area contributed by atoms with Gasteiger partial charge in [-0.1, -0.05) is 0 Å². The highest BCUT2D eigenvalue weighted by atomic mass is 32.1. The lowest BCUT2D eigenvalue weighted by atomic mass is 10.1. The SMILES string of the molecule is O=C(c1cc2sccc2s1)N1CCN(C(=O)C2CCNC2)CC1. The number of rotatable bonds is 2. The second-order valence-corrected chi connectivity index (χ2v) is 8.10. The molecule has 2 saturated heterocycles. The third-order valence-corrected chi connectivity index (χ3v) is 6.72. The van der Waals surface area contributed by atoms with E-state index in [0.717, 1.165) is 24.4 Å². The van der Waals surface area contributed by atoms with Crippen molar-refractivity contribution in [2.45, 2.75) is 6.42 Å². The first-order chi connectivity index (χ1) is 11.2. The molecule has 0 spiro atoms. The average molecular weight is 349 g/mol. The van der Waals surface area contributed by atoms with Crippen LogP contribution in [-0.2, 0) is 4.79 Å². The molecule has 0 aliphatic carbocycles. The van der Waals surface area contributed by atoms with E-state index in [0.29, 0.717) is 26.2 Å². The molecule has 0 aromatic carbocycles. The smallest absolute Gasteiger partial charge is 0.264 e. The summed E-state index contributed by atoms with van der Waals surface area (Å²) in [4.78, 5) is 29.7. The molecule has 0 bridgehead atoms. The summed E-state index contributed by atoms with van der Waals surface area (Å²) in [6, 6.07) is 4.06. The van der Waals surface area contributed by atoms with Crippen LogP contribution in [0.25, 0.3) is 9.40 Å². The number of thiophene rings is 2. The summed E-state index contributed by atoms with van der Waals surface area (Å²) < 4.78 is 2.36. The highest BCUT2D eigenvalue weighted by Crippen LogP contribution is 2.30. The Kier molecular flexibility index (Phi) is 4.09. The number of hydrogen-bond donors (Lipinski definition) is 1. The molecule has 1 unspecified atom stereocenters. The number of carbonyl (C=O) groups excluding carboxylic acids is 2. The van der Waals surface area contributed by atoms with Gasteiger partial charge in [-0.3, -0.25) is 9.59 Å². The Balaban J connectivity index is 1.38. The maximum Gasteiger partial charge on any atom is 0.264 e. The fraction of sp³-hybridized carbons (Fsp3) is 0.500. The highest BCUT2D eigenvalue weighted by Gasteiger charge is 2.31. The third kappa shape index (κ3) is 2.88. The van der Waals surface area contributed by atoms with Crippen LogP contribution < -0.4 is 5.32 Å². The first kappa shape index (κ1) is 15.1. The van der Waals surface area contributed by atoms with Crippen molar-refractivity contribution in [2.24, 2.45) is 5.92 Å². The minimum Gasteiger partial charge on any atom is -0.339 e. The van der Waals surface area contributed by atoms with Gasteiger partial charge in [-0.15, -0.1) is 22.7 Å². The van der Waals surface area contributed by atoms with Gasteiger partial charge in [0.1, 0.15) is 0 Å². The Hall–Kier alpha value is -1.44. The molecule has 4 rings (SSSR count). The van der Waals surface area contributed by atoms with Crippen LogP contribution in [0.2, 0.25) is 0 Å². The van der Waals surface area contributed by atoms with E-state index in [9.17, 15) is 9.59 Å². The van der Waals surface area contributed by atoms with Gasteiger partial charge in [-0.25, -0.2) is 0 Å². The van der Waals surface area contributed by atoms with Gasteiger partial charge in [0, 0.05) is 42.1 Å². The van der Waals surface area contributed by atoms with Gasteiger partial charge in [-0.2, -0.15) is 0 Å². The van der Waals surface area contributed by atoms with Crippen molar-refractivity contribution in [3.05, 3.63) is 22.4 Å². The third-order valence-electron chi connectivity index (χ3n) is 4.64. The molecule has 2 aromatic heterocycles. The van der Waals surface area contributed by atoms with E-state index in [4.69, 9.17) is 0 Å². The van der Waals surface area contributed by atoms with E-state index < -0.39 is 0 Å². The second-order valence-electron chi connectivity index (χ2n) is 6.07. The van der Waals surface area contributed by atoms with Crippen LogP contribution in [0.5, 0.6) is 0 Å². The van der Waals surface area contributed by atoms with Crippen molar-refractivity contribution in [3.8, 4) is 0 Å². The zero-order valence-electron chi connectivity index (χ0n) is 12.8. The number of piperazine rings is 1. The monoisotopic (exact) mass is 349 g/mol. The Morgan fingerprint density at radius 2 is 1.91 bits per heavy atom. The molecular formula is C16H19N3O2S2. The van der Waals surface area contributed by atoms with Gasteiger partial charge < -0.3 is 15.1 Å². The van der Waals surface area contributed by atoms with Crippen LogP contribution in [0, 0.1) is 5.92 Å². The summed E-state index contributed by atoms with van der Waals surface area (Å²) in [7, 11) is 0. The van der Waals surface area contributed by atoms with Crippen molar-refractivity contribution in [3.63, 3.8) is 0 Å². The van der Waals surface area contributed by atoms with Crippen LogP contribution in [0.4, 0.5) is 0 Å². The number of nitrogens with one attached hydrogen (secondary N) is 1. The fourth-order valence-electron chi connectivity index (χ4n) is 3.28. The van der Waals surface area contributed by atoms with Gasteiger partial charge in [0.2, 0.25) is 5.91 Å². The predicted molar refractivity (Wildman–Crippen MR) is 93.2 cm³/mol. The van der Waals surface area contributed by atoms with Gasteiger partial charge >= 0.3 is 0 Å². The first-order valence-corrected chi connectivity index (χ1v) is 9.68. The van der Waals surface area contributed by atoms with Crippen molar-refractivity contribution in [1.82, 2.24) is 15.1 Å². The maximum atomic E-state index is 12.6. The zero-order chi connectivity index (χ0) is 15.8. The number of fused-ring (bicyclic) bond motifs is 1. The molecule has 0 saturated carbocycles. The quantitative estimate of drug-likeness (QED) is 0.900. The van der Waals surface area contributed by atoms with Gasteiger partial charge in [0.15, 0.2) is 0 Å². The van der Waals surface area contributed by atoms with Crippen LogP contribution in [0.3, 0.4) is 0 Å². The first-order valence-electron chi connectivity index (χ1n) is 7.98. The van der Waals surface area contributed by atoms with E-state index in [2.05, 4.69) is 16.8 Å². The van der Waals surface area contributed by atoms with E-state index in [1.165, 1.54) is 9.40 Å². The zero-order valence-corrected chi connectivity index (χ0v) is 14.4. The minimum atomic E-state index is 0.105. The van der Waals surface area contributed by atoms with E-state index in [-0.39, 0.29) is 17.7 Å². The fourth-order valence-corrected chi connectivity index (χ4v) is 5.36. The molecular weight excluding hydrogens is 330 g/mol. The standard InChI is InChI=1S/C16H19N3O2S2/c20-15(11-1-3-17-10-11)18-4-6-19(7-5-18)16(21)14-9-13-12(23-14)2-8-22-13/h2,8-9,11,17H,1,3-7,10H2. The molecule has 2 amide bonds. The molecule has 1 atom stereocenters. The number of amides is 2. The second kappa shape index (κ2) is 6.22. The van der Waals surface area contributed by atoms with Gasteiger partial charge in [0.25, 0.3) is 5.91 Å². The molecule has 2 aliphatic heterocycles. The van der Waals surface area contributed by atoms with Crippen LogP contribution in [0.15, 0.2) is 17.5 Å². The van der Waals surface area contributed by atoms with E-state index in [1.807, 2.05) is 15.9 Å². The molecule has 23 heavy (non-hydrogen) atoms. The molecule has 2 aliphatic rings.